The van der Waals surface area contributed by atoms with E-state index in [1.807, 2.05) is 30.3 Å². The highest BCUT2D eigenvalue weighted by molar-refractivity contribution is 6.30. The number of rotatable bonds is 5. The van der Waals surface area contributed by atoms with Crippen LogP contribution in [0.25, 0.3) is 6.08 Å². The Labute approximate surface area is 173 Å². The number of hydrogen-bond acceptors (Lipinski definition) is 2. The maximum atomic E-state index is 12.5. The second-order valence-electron chi connectivity index (χ2n) is 8.47. The van der Waals surface area contributed by atoms with Crippen LogP contribution in [-0.2, 0) is 14.9 Å². The highest BCUT2D eigenvalue weighted by atomic mass is 35.5. The predicted octanol–water partition coefficient (Wildman–Crippen LogP) is 6.68. The van der Waals surface area contributed by atoms with E-state index in [0.29, 0.717) is 16.9 Å². The lowest BCUT2D eigenvalue weighted by Gasteiger charge is -2.43. The molecule has 0 aliphatic heterocycles. The monoisotopic (exact) mass is 396 g/mol. The zero-order valence-electron chi connectivity index (χ0n) is 16.9. The molecule has 1 aliphatic rings. The highest BCUT2D eigenvalue weighted by Crippen LogP contribution is 2.43. The van der Waals surface area contributed by atoms with Gasteiger partial charge in [-0.1, -0.05) is 81.3 Å². The van der Waals surface area contributed by atoms with Crippen molar-refractivity contribution >= 4 is 23.6 Å². The zero-order valence-corrected chi connectivity index (χ0v) is 17.7. The fourth-order valence-corrected chi connectivity index (χ4v) is 4.42. The number of halogens is 1. The van der Waals surface area contributed by atoms with E-state index in [4.69, 9.17) is 16.3 Å². The number of hydrogen-bond donors (Lipinski definition) is 0. The summed E-state index contributed by atoms with van der Waals surface area (Å²) in [7, 11) is 0. The molecule has 0 saturated heterocycles. The molecule has 0 amide bonds. The van der Waals surface area contributed by atoms with Gasteiger partial charge in [0.15, 0.2) is 0 Å². The SMILES string of the molecule is C[C@@H]1CC[C@@H](C(C)(C)c2ccccc2)[C@H](OC(=O)/C=C/c2ccc(Cl)cc2)C1. The van der Waals surface area contributed by atoms with E-state index in [0.717, 1.165) is 18.4 Å². The Morgan fingerprint density at radius 2 is 1.75 bits per heavy atom. The quantitative estimate of drug-likeness (QED) is 0.416. The van der Waals surface area contributed by atoms with Crippen LogP contribution in [0.15, 0.2) is 60.7 Å². The molecule has 2 nitrogen and oxygen atoms in total. The summed E-state index contributed by atoms with van der Waals surface area (Å²) < 4.78 is 5.98. The van der Waals surface area contributed by atoms with Gasteiger partial charge in [-0.05, 0) is 53.5 Å². The van der Waals surface area contributed by atoms with E-state index in [9.17, 15) is 4.79 Å². The van der Waals surface area contributed by atoms with Gasteiger partial charge in [0.25, 0.3) is 0 Å². The Hall–Kier alpha value is -2.06. The Bertz CT molecular complexity index is 808. The van der Waals surface area contributed by atoms with Gasteiger partial charge in [0.1, 0.15) is 6.10 Å². The summed E-state index contributed by atoms with van der Waals surface area (Å²) in [5.74, 6) is 0.600. The van der Waals surface area contributed by atoms with E-state index in [2.05, 4.69) is 45.0 Å². The zero-order chi connectivity index (χ0) is 20.1. The summed E-state index contributed by atoms with van der Waals surface area (Å²) in [6.45, 7) is 6.79. The van der Waals surface area contributed by atoms with Crippen LogP contribution < -0.4 is 0 Å². The lowest BCUT2D eigenvalue weighted by molar-refractivity contribution is -0.150. The maximum absolute atomic E-state index is 12.5. The lowest BCUT2D eigenvalue weighted by Crippen LogP contribution is -2.43. The van der Waals surface area contributed by atoms with Gasteiger partial charge < -0.3 is 4.74 Å². The number of ether oxygens (including phenoxy) is 1. The maximum Gasteiger partial charge on any atom is 0.331 e. The van der Waals surface area contributed by atoms with Crippen molar-refractivity contribution in [2.75, 3.05) is 0 Å². The summed E-state index contributed by atoms with van der Waals surface area (Å²) in [6.07, 6.45) is 6.40. The van der Waals surface area contributed by atoms with Gasteiger partial charge in [-0.2, -0.15) is 0 Å². The van der Waals surface area contributed by atoms with Crippen LogP contribution in [-0.4, -0.2) is 12.1 Å². The average molecular weight is 397 g/mol. The number of carbonyl (C=O) groups excluding carboxylic acids is 1. The molecule has 3 atom stereocenters. The molecule has 1 saturated carbocycles. The molecule has 0 bridgehead atoms. The van der Waals surface area contributed by atoms with Crippen molar-refractivity contribution in [3.05, 3.63) is 76.8 Å². The molecule has 0 N–H and O–H groups in total. The molecule has 0 heterocycles. The molecule has 1 fully saturated rings. The summed E-state index contributed by atoms with van der Waals surface area (Å²) in [6, 6.07) is 18.0. The van der Waals surface area contributed by atoms with Crippen LogP contribution in [0.4, 0.5) is 0 Å². The smallest absolute Gasteiger partial charge is 0.331 e. The van der Waals surface area contributed by atoms with Gasteiger partial charge in [0, 0.05) is 17.0 Å². The second-order valence-corrected chi connectivity index (χ2v) is 8.91. The molecular formula is C25H29ClO2. The summed E-state index contributed by atoms with van der Waals surface area (Å²) >= 11 is 5.91. The molecule has 0 spiro atoms. The van der Waals surface area contributed by atoms with Crippen LogP contribution >= 0.6 is 11.6 Å². The fraction of sp³-hybridized carbons (Fsp3) is 0.400. The van der Waals surface area contributed by atoms with Crippen LogP contribution in [0, 0.1) is 11.8 Å². The van der Waals surface area contributed by atoms with Gasteiger partial charge >= 0.3 is 5.97 Å². The fourth-order valence-electron chi connectivity index (χ4n) is 4.29. The molecule has 0 radical (unpaired) electrons. The van der Waals surface area contributed by atoms with Crippen LogP contribution in [0.2, 0.25) is 5.02 Å². The molecule has 28 heavy (non-hydrogen) atoms. The Kier molecular flexibility index (Phi) is 6.61. The van der Waals surface area contributed by atoms with E-state index >= 15 is 0 Å². The van der Waals surface area contributed by atoms with Crippen molar-refractivity contribution in [2.24, 2.45) is 11.8 Å². The van der Waals surface area contributed by atoms with Gasteiger partial charge in [-0.25, -0.2) is 4.79 Å². The van der Waals surface area contributed by atoms with Crippen molar-refractivity contribution in [1.29, 1.82) is 0 Å². The third kappa shape index (κ3) is 5.05. The van der Waals surface area contributed by atoms with E-state index in [1.165, 1.54) is 18.1 Å². The average Bonchev–Trinajstić information content (AvgIpc) is 2.68. The first-order valence-electron chi connectivity index (χ1n) is 10.1. The van der Waals surface area contributed by atoms with Gasteiger partial charge in [0.2, 0.25) is 0 Å². The molecule has 148 valence electrons. The topological polar surface area (TPSA) is 26.3 Å². The third-order valence-corrected chi connectivity index (χ3v) is 6.30. The third-order valence-electron chi connectivity index (χ3n) is 6.05. The van der Waals surface area contributed by atoms with E-state index < -0.39 is 0 Å². The lowest BCUT2D eigenvalue weighted by atomic mass is 9.64. The first kappa shape index (κ1) is 20.7. The Morgan fingerprint density at radius 3 is 2.43 bits per heavy atom. The minimum Gasteiger partial charge on any atom is -0.459 e. The van der Waals surface area contributed by atoms with Gasteiger partial charge in [-0.3, -0.25) is 0 Å². The Morgan fingerprint density at radius 1 is 1.07 bits per heavy atom. The van der Waals surface area contributed by atoms with Crippen molar-refractivity contribution in [1.82, 2.24) is 0 Å². The summed E-state index contributed by atoms with van der Waals surface area (Å²) in [4.78, 5) is 12.5. The van der Waals surface area contributed by atoms with E-state index in [-0.39, 0.29) is 17.5 Å². The molecule has 2 aromatic rings. The van der Waals surface area contributed by atoms with Crippen molar-refractivity contribution in [3.63, 3.8) is 0 Å². The van der Waals surface area contributed by atoms with Crippen LogP contribution in [0.1, 0.15) is 51.2 Å². The van der Waals surface area contributed by atoms with E-state index in [1.54, 1.807) is 6.08 Å². The van der Waals surface area contributed by atoms with Gasteiger partial charge in [0.05, 0.1) is 0 Å². The van der Waals surface area contributed by atoms with Gasteiger partial charge in [-0.15, -0.1) is 0 Å². The summed E-state index contributed by atoms with van der Waals surface area (Å²) in [5.41, 5.74) is 2.18. The van der Waals surface area contributed by atoms with Crippen LogP contribution in [0.3, 0.4) is 0 Å². The molecule has 3 heteroatoms. The van der Waals surface area contributed by atoms with Crippen molar-refractivity contribution in [2.45, 2.75) is 51.6 Å². The van der Waals surface area contributed by atoms with Crippen LogP contribution in [0.5, 0.6) is 0 Å². The number of carbonyl (C=O) groups is 1. The first-order chi connectivity index (χ1) is 13.4. The minimum absolute atomic E-state index is 0.0494. The van der Waals surface area contributed by atoms with Crippen molar-refractivity contribution in [3.8, 4) is 0 Å². The predicted molar refractivity (Wildman–Crippen MR) is 116 cm³/mol. The normalized spacial score (nSPS) is 22.9. The number of esters is 1. The molecule has 2 aromatic carbocycles. The number of benzene rings is 2. The largest absolute Gasteiger partial charge is 0.459 e. The molecule has 0 aromatic heterocycles. The molecule has 1 aliphatic carbocycles. The summed E-state index contributed by atoms with van der Waals surface area (Å²) in [5, 5.41) is 0.682. The molecular weight excluding hydrogens is 368 g/mol. The minimum atomic E-state index is -0.275. The highest BCUT2D eigenvalue weighted by Gasteiger charge is 2.41. The Balaban J connectivity index is 1.73. The first-order valence-corrected chi connectivity index (χ1v) is 10.4. The van der Waals surface area contributed by atoms with Crippen molar-refractivity contribution < 1.29 is 9.53 Å². The second kappa shape index (κ2) is 8.96. The molecule has 3 rings (SSSR count). The molecule has 0 unspecified atom stereocenters. The standard InChI is InChI=1S/C25H29ClO2/c1-18-9-15-22(25(2,3)20-7-5-4-6-8-20)23(17-18)28-24(27)16-12-19-10-13-21(26)14-11-19/h4-8,10-14,16,18,22-23H,9,15,17H2,1-3H3/b16-12+/t18-,22-,23-/m1/s1.